The molecule has 0 spiro atoms. The van der Waals surface area contributed by atoms with E-state index in [0.29, 0.717) is 43.4 Å². The lowest BCUT2D eigenvalue weighted by molar-refractivity contribution is -0.136. The van der Waals surface area contributed by atoms with E-state index < -0.39 is 0 Å². The van der Waals surface area contributed by atoms with Gasteiger partial charge < -0.3 is 24.4 Å². The molecular formula is C16H20N2O5. The van der Waals surface area contributed by atoms with E-state index in [1.807, 2.05) is 0 Å². The molecule has 1 N–H and O–H groups in total. The Labute approximate surface area is 134 Å². The maximum Gasteiger partial charge on any atom is 0.242 e. The molecule has 3 rings (SSSR count). The van der Waals surface area contributed by atoms with Crippen LogP contribution in [0.1, 0.15) is 19.8 Å². The molecule has 23 heavy (non-hydrogen) atoms. The Hall–Kier alpha value is -2.44. The molecule has 0 aliphatic carbocycles. The van der Waals surface area contributed by atoms with Crippen molar-refractivity contribution >= 4 is 11.8 Å². The summed E-state index contributed by atoms with van der Waals surface area (Å²) in [4.78, 5) is 25.2. The van der Waals surface area contributed by atoms with Crippen LogP contribution in [0.25, 0.3) is 0 Å². The number of carbonyl (C=O) groups is 2. The molecule has 2 aliphatic rings. The second-order valence-corrected chi connectivity index (χ2v) is 5.52. The van der Waals surface area contributed by atoms with Gasteiger partial charge in [0.1, 0.15) is 18.4 Å². The third-order valence-electron chi connectivity index (χ3n) is 3.97. The summed E-state index contributed by atoms with van der Waals surface area (Å²) >= 11 is 0. The zero-order valence-corrected chi connectivity index (χ0v) is 13.0. The Morgan fingerprint density at radius 1 is 1.35 bits per heavy atom. The highest BCUT2D eigenvalue weighted by Crippen LogP contribution is 2.34. The summed E-state index contributed by atoms with van der Waals surface area (Å²) in [5, 5.41) is 2.82. The lowest BCUT2D eigenvalue weighted by Crippen LogP contribution is -2.46. The van der Waals surface area contributed by atoms with E-state index in [4.69, 9.17) is 14.2 Å². The van der Waals surface area contributed by atoms with Crippen molar-refractivity contribution in [1.29, 1.82) is 0 Å². The summed E-state index contributed by atoms with van der Waals surface area (Å²) in [6, 6.07) is 5.00. The fourth-order valence-electron chi connectivity index (χ4n) is 2.84. The number of hydrogen-bond acceptors (Lipinski definition) is 5. The van der Waals surface area contributed by atoms with E-state index in [2.05, 4.69) is 5.32 Å². The molecule has 0 saturated carbocycles. The monoisotopic (exact) mass is 320 g/mol. The predicted octanol–water partition coefficient (Wildman–Crippen LogP) is 0.921. The molecule has 1 aromatic carbocycles. The van der Waals surface area contributed by atoms with Crippen LogP contribution in [0.15, 0.2) is 18.2 Å². The van der Waals surface area contributed by atoms with E-state index in [1.54, 1.807) is 23.1 Å². The summed E-state index contributed by atoms with van der Waals surface area (Å²) in [6.07, 6.45) is 1.58. The molecule has 1 aromatic rings. The van der Waals surface area contributed by atoms with Crippen LogP contribution in [0.4, 0.5) is 0 Å². The fraction of sp³-hybridized carbons (Fsp3) is 0.500. The average Bonchev–Trinajstić information content (AvgIpc) is 3.19. The molecule has 2 amide bonds. The molecule has 2 aliphatic heterocycles. The van der Waals surface area contributed by atoms with Gasteiger partial charge in [-0.15, -0.1) is 0 Å². The van der Waals surface area contributed by atoms with Gasteiger partial charge in [0.25, 0.3) is 0 Å². The largest absolute Gasteiger partial charge is 0.492 e. The van der Waals surface area contributed by atoms with Crippen LogP contribution < -0.4 is 19.5 Å². The van der Waals surface area contributed by atoms with Gasteiger partial charge in [0.2, 0.25) is 18.6 Å². The van der Waals surface area contributed by atoms with Crippen molar-refractivity contribution in [3.63, 3.8) is 0 Å². The first kappa shape index (κ1) is 15.5. The molecule has 7 nitrogen and oxygen atoms in total. The smallest absolute Gasteiger partial charge is 0.242 e. The minimum atomic E-state index is -0.349. The molecule has 1 fully saturated rings. The molecule has 0 bridgehead atoms. The average molecular weight is 320 g/mol. The molecule has 2 heterocycles. The first-order valence-electron chi connectivity index (χ1n) is 7.72. The quantitative estimate of drug-likeness (QED) is 0.817. The molecular weight excluding hydrogens is 300 g/mol. The van der Waals surface area contributed by atoms with Gasteiger partial charge in [-0.25, -0.2) is 0 Å². The predicted molar refractivity (Wildman–Crippen MR) is 81.5 cm³/mol. The van der Waals surface area contributed by atoms with Crippen molar-refractivity contribution in [2.75, 3.05) is 26.5 Å². The topological polar surface area (TPSA) is 77.1 Å². The van der Waals surface area contributed by atoms with Crippen molar-refractivity contribution in [3.05, 3.63) is 18.2 Å². The summed E-state index contributed by atoms with van der Waals surface area (Å²) in [5.74, 6) is 1.85. The van der Waals surface area contributed by atoms with E-state index in [1.165, 1.54) is 6.92 Å². The van der Waals surface area contributed by atoms with E-state index in [0.717, 1.165) is 6.42 Å². The first-order chi connectivity index (χ1) is 11.1. The number of ether oxygens (including phenoxy) is 3. The second-order valence-electron chi connectivity index (χ2n) is 5.52. The number of nitrogens with zero attached hydrogens (tertiary/aromatic N) is 1. The van der Waals surface area contributed by atoms with Gasteiger partial charge >= 0.3 is 0 Å². The standard InChI is InChI=1S/C16H20N2O5/c1-11(19)18-7-2-3-13(18)16(20)17-6-8-21-12-4-5-14-15(9-12)23-10-22-14/h4-5,9,13H,2-3,6-8,10H2,1H3,(H,17,20)/t13-/m1/s1. The van der Waals surface area contributed by atoms with Gasteiger partial charge in [-0.3, -0.25) is 9.59 Å². The number of rotatable bonds is 5. The second kappa shape index (κ2) is 6.76. The van der Waals surface area contributed by atoms with Crippen molar-refractivity contribution in [2.45, 2.75) is 25.8 Å². The van der Waals surface area contributed by atoms with E-state index in [9.17, 15) is 9.59 Å². The Kier molecular flexibility index (Phi) is 4.55. The molecule has 1 saturated heterocycles. The van der Waals surface area contributed by atoms with Crippen LogP contribution in [0.3, 0.4) is 0 Å². The summed E-state index contributed by atoms with van der Waals surface area (Å²) in [5.41, 5.74) is 0. The number of carbonyl (C=O) groups excluding carboxylic acids is 2. The lowest BCUT2D eigenvalue weighted by atomic mass is 10.2. The van der Waals surface area contributed by atoms with Crippen molar-refractivity contribution in [2.24, 2.45) is 0 Å². The SMILES string of the molecule is CC(=O)N1CCC[C@@H]1C(=O)NCCOc1ccc2c(c1)OCO2. The van der Waals surface area contributed by atoms with Crippen molar-refractivity contribution in [1.82, 2.24) is 10.2 Å². The van der Waals surface area contributed by atoms with Crippen molar-refractivity contribution in [3.8, 4) is 17.2 Å². The molecule has 0 radical (unpaired) electrons. The van der Waals surface area contributed by atoms with Crippen LogP contribution in [-0.2, 0) is 9.59 Å². The molecule has 0 aromatic heterocycles. The Morgan fingerprint density at radius 3 is 3.00 bits per heavy atom. The highest BCUT2D eigenvalue weighted by molar-refractivity contribution is 5.87. The maximum absolute atomic E-state index is 12.1. The number of likely N-dealkylation sites (tertiary alicyclic amines) is 1. The Morgan fingerprint density at radius 2 is 2.17 bits per heavy atom. The third-order valence-corrected chi connectivity index (χ3v) is 3.97. The molecule has 1 atom stereocenters. The fourth-order valence-corrected chi connectivity index (χ4v) is 2.84. The normalized spacial score (nSPS) is 18.8. The highest BCUT2D eigenvalue weighted by atomic mass is 16.7. The molecule has 7 heteroatoms. The summed E-state index contributed by atoms with van der Waals surface area (Å²) in [6.45, 7) is 3.10. The van der Waals surface area contributed by atoms with Gasteiger partial charge in [0.05, 0.1) is 6.54 Å². The molecule has 124 valence electrons. The summed E-state index contributed by atoms with van der Waals surface area (Å²) in [7, 11) is 0. The number of nitrogens with one attached hydrogen (secondary N) is 1. The van der Waals surface area contributed by atoms with Gasteiger partial charge in [-0.1, -0.05) is 0 Å². The van der Waals surface area contributed by atoms with Gasteiger partial charge in [0.15, 0.2) is 11.5 Å². The zero-order valence-electron chi connectivity index (χ0n) is 13.0. The van der Waals surface area contributed by atoms with Crippen molar-refractivity contribution < 1.29 is 23.8 Å². The third kappa shape index (κ3) is 3.49. The van der Waals surface area contributed by atoms with Gasteiger partial charge in [0, 0.05) is 19.5 Å². The Bertz CT molecular complexity index is 604. The van der Waals surface area contributed by atoms with Crippen LogP contribution in [0.5, 0.6) is 17.2 Å². The van der Waals surface area contributed by atoms with E-state index in [-0.39, 0.29) is 24.6 Å². The van der Waals surface area contributed by atoms with Gasteiger partial charge in [-0.2, -0.15) is 0 Å². The van der Waals surface area contributed by atoms with Gasteiger partial charge in [-0.05, 0) is 25.0 Å². The summed E-state index contributed by atoms with van der Waals surface area (Å²) < 4.78 is 16.1. The van der Waals surface area contributed by atoms with Crippen LogP contribution >= 0.6 is 0 Å². The first-order valence-corrected chi connectivity index (χ1v) is 7.72. The number of hydrogen-bond donors (Lipinski definition) is 1. The highest BCUT2D eigenvalue weighted by Gasteiger charge is 2.31. The number of amides is 2. The number of fused-ring (bicyclic) bond motifs is 1. The number of benzene rings is 1. The Balaban J connectivity index is 1.43. The van der Waals surface area contributed by atoms with Crippen LogP contribution in [0, 0.1) is 0 Å². The zero-order chi connectivity index (χ0) is 16.2. The minimum absolute atomic E-state index is 0.0562. The maximum atomic E-state index is 12.1. The minimum Gasteiger partial charge on any atom is -0.492 e. The van der Waals surface area contributed by atoms with Crippen LogP contribution in [-0.4, -0.2) is 49.2 Å². The molecule has 0 unspecified atom stereocenters. The van der Waals surface area contributed by atoms with Crippen LogP contribution in [0.2, 0.25) is 0 Å². The van der Waals surface area contributed by atoms with E-state index >= 15 is 0 Å². The lowest BCUT2D eigenvalue weighted by Gasteiger charge is -2.22.